The fourth-order valence-corrected chi connectivity index (χ4v) is 1.97. The molecule has 0 radical (unpaired) electrons. The summed E-state index contributed by atoms with van der Waals surface area (Å²) in [6, 6.07) is 7.86. The Kier molecular flexibility index (Phi) is 1.77. The maximum Gasteiger partial charge on any atom is 0.0999 e. The summed E-state index contributed by atoms with van der Waals surface area (Å²) >= 11 is 2.22. The maximum atomic E-state index is 8.81. The Labute approximate surface area is 83.3 Å². The van der Waals surface area contributed by atoms with Gasteiger partial charge in [-0.3, -0.25) is 0 Å². The first-order chi connectivity index (χ1) is 5.83. The molecule has 1 aromatic heterocycles. The fourth-order valence-electron chi connectivity index (χ4n) is 1.24. The largest absolute Gasteiger partial charge is 0.360 e. The Bertz CT molecular complexity index is 465. The van der Waals surface area contributed by atoms with E-state index in [4.69, 9.17) is 5.26 Å². The second kappa shape index (κ2) is 2.79. The summed E-state index contributed by atoms with van der Waals surface area (Å²) in [4.78, 5) is 3.10. The molecule has 2 rings (SSSR count). The number of halogens is 1. The highest BCUT2D eigenvalue weighted by atomic mass is 127. The summed E-state index contributed by atoms with van der Waals surface area (Å²) < 4.78 is 1.10. The Hall–Kier alpha value is -1.02. The molecule has 0 aliphatic carbocycles. The number of aromatic nitrogens is 1. The molecule has 0 spiro atoms. The highest BCUT2D eigenvalue weighted by Crippen LogP contribution is 2.22. The molecule has 0 unspecified atom stereocenters. The first kappa shape index (κ1) is 7.62. The number of hydrogen-bond donors (Lipinski definition) is 1. The number of nitrogens with zero attached hydrogens (tertiary/aromatic N) is 1. The number of aromatic amines is 1. The Morgan fingerprint density at radius 2 is 2.25 bits per heavy atom. The molecule has 2 aromatic rings. The second-order valence-corrected chi connectivity index (χ2v) is 3.64. The van der Waals surface area contributed by atoms with Gasteiger partial charge in [0.2, 0.25) is 0 Å². The van der Waals surface area contributed by atoms with E-state index in [9.17, 15) is 0 Å². The van der Waals surface area contributed by atoms with Gasteiger partial charge in [-0.15, -0.1) is 0 Å². The van der Waals surface area contributed by atoms with E-state index in [1.54, 1.807) is 0 Å². The zero-order chi connectivity index (χ0) is 8.55. The molecule has 1 N–H and O–H groups in total. The zero-order valence-electron chi connectivity index (χ0n) is 6.13. The summed E-state index contributed by atoms with van der Waals surface area (Å²) in [6.45, 7) is 0. The number of fused-ring (bicyclic) bond motifs is 1. The number of nitrogens with one attached hydrogen (secondary N) is 1. The second-order valence-electron chi connectivity index (χ2n) is 2.48. The van der Waals surface area contributed by atoms with Crippen molar-refractivity contribution in [2.45, 2.75) is 0 Å². The molecular formula is C9H5IN2. The lowest BCUT2D eigenvalue weighted by Crippen LogP contribution is -1.76. The molecule has 0 fully saturated rings. The van der Waals surface area contributed by atoms with E-state index in [1.807, 2.05) is 24.4 Å². The average molecular weight is 268 g/mol. The molecule has 1 heterocycles. The fraction of sp³-hybridized carbons (Fsp3) is 0. The predicted molar refractivity (Wildman–Crippen MR) is 55.7 cm³/mol. The van der Waals surface area contributed by atoms with Gasteiger partial charge in [-0.25, -0.2) is 0 Å². The summed E-state index contributed by atoms with van der Waals surface area (Å²) in [7, 11) is 0. The molecule has 0 amide bonds. The van der Waals surface area contributed by atoms with Crippen LogP contribution < -0.4 is 0 Å². The summed E-state index contributed by atoms with van der Waals surface area (Å²) in [5.74, 6) is 0. The molecule has 0 saturated heterocycles. The van der Waals surface area contributed by atoms with E-state index in [1.165, 1.54) is 0 Å². The van der Waals surface area contributed by atoms with Crippen molar-refractivity contribution in [2.75, 3.05) is 0 Å². The third-order valence-corrected chi connectivity index (χ3v) is 2.63. The lowest BCUT2D eigenvalue weighted by molar-refractivity contribution is 1.46. The Morgan fingerprint density at radius 3 is 3.00 bits per heavy atom. The lowest BCUT2D eigenvalue weighted by atomic mass is 10.1. The summed E-state index contributed by atoms with van der Waals surface area (Å²) in [5.41, 5.74) is 1.76. The van der Waals surface area contributed by atoms with E-state index in [0.717, 1.165) is 20.0 Å². The molecule has 2 nitrogen and oxygen atoms in total. The van der Waals surface area contributed by atoms with Gasteiger partial charge in [0.1, 0.15) is 0 Å². The predicted octanol–water partition coefficient (Wildman–Crippen LogP) is 2.64. The minimum atomic E-state index is 0.734. The molecule has 58 valence electrons. The molecule has 0 saturated carbocycles. The van der Waals surface area contributed by atoms with Crippen molar-refractivity contribution in [3.05, 3.63) is 33.5 Å². The van der Waals surface area contributed by atoms with Gasteiger partial charge in [-0.1, -0.05) is 6.07 Å². The van der Waals surface area contributed by atoms with E-state index in [0.29, 0.717) is 0 Å². The van der Waals surface area contributed by atoms with Gasteiger partial charge in [0, 0.05) is 20.7 Å². The highest BCUT2D eigenvalue weighted by Gasteiger charge is 2.04. The first-order valence-corrected chi connectivity index (χ1v) is 4.56. The molecular weight excluding hydrogens is 263 g/mol. The van der Waals surface area contributed by atoms with E-state index >= 15 is 0 Å². The SMILES string of the molecule is N#Cc1cccc2[nH]cc(I)c12. The van der Waals surface area contributed by atoms with Gasteiger partial charge < -0.3 is 4.98 Å². The van der Waals surface area contributed by atoms with Crippen molar-refractivity contribution in [3.8, 4) is 6.07 Å². The van der Waals surface area contributed by atoms with Gasteiger partial charge in [-0.05, 0) is 34.7 Å². The molecule has 0 bridgehead atoms. The van der Waals surface area contributed by atoms with Crippen molar-refractivity contribution < 1.29 is 0 Å². The number of nitriles is 1. The quantitative estimate of drug-likeness (QED) is 0.733. The van der Waals surface area contributed by atoms with E-state index in [-0.39, 0.29) is 0 Å². The Balaban J connectivity index is 2.96. The van der Waals surface area contributed by atoms with Crippen LogP contribution in [0.5, 0.6) is 0 Å². The van der Waals surface area contributed by atoms with Crippen molar-refractivity contribution in [1.82, 2.24) is 4.98 Å². The summed E-state index contributed by atoms with van der Waals surface area (Å²) in [6.07, 6.45) is 1.91. The van der Waals surface area contributed by atoms with Gasteiger partial charge in [-0.2, -0.15) is 5.26 Å². The van der Waals surface area contributed by atoms with Crippen LogP contribution in [0.4, 0.5) is 0 Å². The van der Waals surface area contributed by atoms with Crippen LogP contribution in [0, 0.1) is 14.9 Å². The van der Waals surface area contributed by atoms with Crippen LogP contribution in [0.2, 0.25) is 0 Å². The standard InChI is InChI=1S/C9H5IN2/c10-7-5-12-8-3-1-2-6(4-11)9(7)8/h1-3,5,12H. The molecule has 1 aromatic carbocycles. The van der Waals surface area contributed by atoms with Crippen molar-refractivity contribution in [2.24, 2.45) is 0 Å². The van der Waals surface area contributed by atoms with Crippen LogP contribution in [-0.2, 0) is 0 Å². The topological polar surface area (TPSA) is 39.6 Å². The van der Waals surface area contributed by atoms with E-state index in [2.05, 4.69) is 33.6 Å². The normalized spacial score (nSPS) is 10.0. The van der Waals surface area contributed by atoms with Gasteiger partial charge in [0.15, 0.2) is 0 Å². The molecule has 0 aliphatic rings. The van der Waals surface area contributed by atoms with Crippen molar-refractivity contribution >= 4 is 33.5 Å². The van der Waals surface area contributed by atoms with Crippen LogP contribution in [-0.4, -0.2) is 4.98 Å². The summed E-state index contributed by atoms with van der Waals surface area (Å²) in [5, 5.41) is 9.84. The van der Waals surface area contributed by atoms with Gasteiger partial charge in [0.25, 0.3) is 0 Å². The Morgan fingerprint density at radius 1 is 1.42 bits per heavy atom. The van der Waals surface area contributed by atoms with Crippen molar-refractivity contribution in [1.29, 1.82) is 5.26 Å². The average Bonchev–Trinajstić information content (AvgIpc) is 2.48. The van der Waals surface area contributed by atoms with Gasteiger partial charge in [0.05, 0.1) is 11.6 Å². The smallest absolute Gasteiger partial charge is 0.0999 e. The van der Waals surface area contributed by atoms with Crippen molar-refractivity contribution in [3.63, 3.8) is 0 Å². The lowest BCUT2D eigenvalue weighted by Gasteiger charge is -1.92. The minimum absolute atomic E-state index is 0.734. The van der Waals surface area contributed by atoms with Crippen LogP contribution >= 0.6 is 22.6 Å². The molecule has 3 heteroatoms. The van der Waals surface area contributed by atoms with E-state index < -0.39 is 0 Å². The third kappa shape index (κ3) is 0.994. The van der Waals surface area contributed by atoms with Gasteiger partial charge >= 0.3 is 0 Å². The number of rotatable bonds is 0. The monoisotopic (exact) mass is 268 g/mol. The molecule has 0 atom stereocenters. The number of H-pyrrole nitrogens is 1. The van der Waals surface area contributed by atoms with Crippen LogP contribution in [0.15, 0.2) is 24.4 Å². The van der Waals surface area contributed by atoms with Crippen LogP contribution in [0.1, 0.15) is 5.56 Å². The van der Waals surface area contributed by atoms with Crippen LogP contribution in [0.3, 0.4) is 0 Å². The zero-order valence-corrected chi connectivity index (χ0v) is 8.29. The number of benzene rings is 1. The van der Waals surface area contributed by atoms with Crippen LogP contribution in [0.25, 0.3) is 10.9 Å². The third-order valence-electron chi connectivity index (χ3n) is 1.78. The molecule has 12 heavy (non-hydrogen) atoms. The number of hydrogen-bond acceptors (Lipinski definition) is 1. The minimum Gasteiger partial charge on any atom is -0.360 e. The highest BCUT2D eigenvalue weighted by molar-refractivity contribution is 14.1. The molecule has 0 aliphatic heterocycles. The first-order valence-electron chi connectivity index (χ1n) is 3.48. The maximum absolute atomic E-state index is 8.81.